The lowest BCUT2D eigenvalue weighted by Crippen LogP contribution is -2.41. The molecule has 10 heteroatoms. The molecule has 1 atom stereocenters. The van der Waals surface area contributed by atoms with E-state index in [9.17, 15) is 14.9 Å². The van der Waals surface area contributed by atoms with Crippen LogP contribution in [0.25, 0.3) is 0 Å². The van der Waals surface area contributed by atoms with E-state index in [4.69, 9.17) is 17.3 Å². The molecule has 0 bridgehead atoms. The maximum absolute atomic E-state index is 11.5. The summed E-state index contributed by atoms with van der Waals surface area (Å²) in [5.41, 5.74) is 5.88. The van der Waals surface area contributed by atoms with Crippen molar-refractivity contribution in [2.24, 2.45) is 11.7 Å². The van der Waals surface area contributed by atoms with Crippen molar-refractivity contribution in [2.75, 3.05) is 23.3 Å². The van der Waals surface area contributed by atoms with Crippen LogP contribution in [0.4, 0.5) is 23.1 Å². The number of hydrogen-bond donors (Lipinski definition) is 2. The molecule has 3 N–H and O–H groups in total. The molecule has 1 amide bonds. The Morgan fingerprint density at radius 1 is 1.38 bits per heavy atom. The number of primary amides is 1. The van der Waals surface area contributed by atoms with E-state index in [1.165, 1.54) is 0 Å². The molecule has 0 radical (unpaired) electrons. The van der Waals surface area contributed by atoms with Crippen molar-refractivity contribution in [3.05, 3.63) is 45.6 Å². The maximum Gasteiger partial charge on any atom is 0.329 e. The van der Waals surface area contributed by atoms with Crippen molar-refractivity contribution < 1.29 is 9.72 Å². The van der Waals surface area contributed by atoms with E-state index >= 15 is 0 Å². The van der Waals surface area contributed by atoms with Crippen LogP contribution in [0.5, 0.6) is 0 Å². The molecule has 0 aliphatic carbocycles. The normalized spacial score (nSPS) is 17.0. The zero-order valence-corrected chi connectivity index (χ0v) is 14.5. The lowest BCUT2D eigenvalue weighted by Gasteiger charge is -2.31. The smallest absolute Gasteiger partial charge is 0.329 e. The van der Waals surface area contributed by atoms with Gasteiger partial charge in [0, 0.05) is 23.8 Å². The number of amides is 1. The Hall–Kier alpha value is -2.94. The van der Waals surface area contributed by atoms with Gasteiger partial charge in [-0.15, -0.1) is 0 Å². The molecule has 9 nitrogen and oxygen atoms in total. The summed E-state index contributed by atoms with van der Waals surface area (Å²) in [5, 5.41) is 14.9. The molecule has 136 valence electrons. The highest BCUT2D eigenvalue weighted by atomic mass is 35.5. The van der Waals surface area contributed by atoms with Crippen LogP contribution in [-0.4, -0.2) is 33.9 Å². The van der Waals surface area contributed by atoms with E-state index in [-0.39, 0.29) is 23.4 Å². The standard InChI is InChI=1S/C16H17ClN6O3/c17-11-3-5-12(6-4-11)20-16-19-8-13(23(25)26)15(21-16)22-7-1-2-10(9-22)14(18)24/h3-6,8,10H,1-2,7,9H2,(H2,18,24)(H,19,20,21). The first-order valence-corrected chi connectivity index (χ1v) is 8.40. The van der Waals surface area contributed by atoms with E-state index in [1.54, 1.807) is 29.2 Å². The quantitative estimate of drug-likeness (QED) is 0.606. The Kier molecular flexibility index (Phi) is 5.17. The first-order valence-electron chi connectivity index (χ1n) is 8.02. The van der Waals surface area contributed by atoms with Crippen molar-refractivity contribution in [2.45, 2.75) is 12.8 Å². The average Bonchev–Trinajstić information content (AvgIpc) is 2.63. The second kappa shape index (κ2) is 7.52. The molecule has 26 heavy (non-hydrogen) atoms. The molecule has 1 aromatic heterocycles. The highest BCUT2D eigenvalue weighted by Gasteiger charge is 2.30. The topological polar surface area (TPSA) is 127 Å². The number of hydrogen-bond acceptors (Lipinski definition) is 7. The molecule has 0 saturated carbocycles. The van der Waals surface area contributed by atoms with Crippen molar-refractivity contribution in [3.63, 3.8) is 0 Å². The third kappa shape index (κ3) is 3.99. The number of carbonyl (C=O) groups is 1. The Morgan fingerprint density at radius 3 is 2.77 bits per heavy atom. The molecular formula is C16H17ClN6O3. The summed E-state index contributed by atoms with van der Waals surface area (Å²) in [6, 6.07) is 6.91. The number of nitrogens with one attached hydrogen (secondary N) is 1. The van der Waals surface area contributed by atoms with Crippen LogP contribution in [0.15, 0.2) is 30.5 Å². The summed E-state index contributed by atoms with van der Waals surface area (Å²) in [7, 11) is 0. The van der Waals surface area contributed by atoms with Gasteiger partial charge in [-0.05, 0) is 37.1 Å². The fourth-order valence-electron chi connectivity index (χ4n) is 2.85. The van der Waals surface area contributed by atoms with Gasteiger partial charge in [0.15, 0.2) is 0 Å². The summed E-state index contributed by atoms with van der Waals surface area (Å²) in [6.07, 6.45) is 2.53. The number of benzene rings is 1. The summed E-state index contributed by atoms with van der Waals surface area (Å²) in [6.45, 7) is 0.857. The number of nitro groups is 1. The van der Waals surface area contributed by atoms with Crippen LogP contribution in [0, 0.1) is 16.0 Å². The number of aromatic nitrogens is 2. The average molecular weight is 377 g/mol. The summed E-state index contributed by atoms with van der Waals surface area (Å²) < 4.78 is 0. The van der Waals surface area contributed by atoms with Gasteiger partial charge in [-0.2, -0.15) is 4.98 Å². The fourth-order valence-corrected chi connectivity index (χ4v) is 2.98. The van der Waals surface area contributed by atoms with E-state index in [2.05, 4.69) is 15.3 Å². The first kappa shape index (κ1) is 17.9. The lowest BCUT2D eigenvalue weighted by atomic mass is 9.97. The van der Waals surface area contributed by atoms with Crippen LogP contribution in [-0.2, 0) is 4.79 Å². The Balaban J connectivity index is 1.90. The van der Waals surface area contributed by atoms with E-state index in [0.29, 0.717) is 36.6 Å². The lowest BCUT2D eigenvalue weighted by molar-refractivity contribution is -0.384. The highest BCUT2D eigenvalue weighted by molar-refractivity contribution is 6.30. The van der Waals surface area contributed by atoms with Gasteiger partial charge in [-0.1, -0.05) is 11.6 Å². The van der Waals surface area contributed by atoms with Gasteiger partial charge in [-0.3, -0.25) is 14.9 Å². The third-order valence-corrected chi connectivity index (χ3v) is 4.42. The maximum atomic E-state index is 11.5. The largest absolute Gasteiger partial charge is 0.369 e. The minimum absolute atomic E-state index is 0.174. The molecule has 1 saturated heterocycles. The number of carbonyl (C=O) groups excluding carboxylic acids is 1. The Bertz CT molecular complexity index is 829. The number of halogens is 1. The number of nitrogens with zero attached hydrogens (tertiary/aromatic N) is 4. The minimum atomic E-state index is -0.532. The first-order chi connectivity index (χ1) is 12.4. The predicted molar refractivity (Wildman–Crippen MR) is 97.6 cm³/mol. The molecule has 2 heterocycles. The SMILES string of the molecule is NC(=O)C1CCCN(c2nc(Nc3ccc(Cl)cc3)ncc2[N+](=O)[O-])C1. The van der Waals surface area contributed by atoms with Crippen molar-refractivity contribution in [1.82, 2.24) is 9.97 Å². The summed E-state index contributed by atoms with van der Waals surface area (Å²) in [5.74, 6) is -0.376. The minimum Gasteiger partial charge on any atom is -0.369 e. The Labute approximate surface area is 154 Å². The summed E-state index contributed by atoms with van der Waals surface area (Å²) >= 11 is 5.86. The number of anilines is 3. The van der Waals surface area contributed by atoms with Gasteiger partial charge < -0.3 is 16.0 Å². The molecule has 3 rings (SSSR count). The third-order valence-electron chi connectivity index (χ3n) is 4.17. The zero-order chi connectivity index (χ0) is 18.7. The molecule has 1 unspecified atom stereocenters. The van der Waals surface area contributed by atoms with Crippen molar-refractivity contribution in [3.8, 4) is 0 Å². The number of piperidine rings is 1. The van der Waals surface area contributed by atoms with Gasteiger partial charge in [0.05, 0.1) is 10.8 Å². The van der Waals surface area contributed by atoms with E-state index < -0.39 is 10.8 Å². The van der Waals surface area contributed by atoms with Gasteiger partial charge >= 0.3 is 5.69 Å². The summed E-state index contributed by atoms with van der Waals surface area (Å²) in [4.78, 5) is 32.4. The second-order valence-electron chi connectivity index (χ2n) is 5.98. The van der Waals surface area contributed by atoms with Crippen molar-refractivity contribution >= 4 is 40.6 Å². The van der Waals surface area contributed by atoms with Gasteiger partial charge in [-0.25, -0.2) is 4.98 Å². The highest BCUT2D eigenvalue weighted by Crippen LogP contribution is 2.30. The van der Waals surface area contributed by atoms with Crippen LogP contribution in [0.1, 0.15) is 12.8 Å². The van der Waals surface area contributed by atoms with Crippen LogP contribution >= 0.6 is 11.6 Å². The van der Waals surface area contributed by atoms with E-state index in [0.717, 1.165) is 6.20 Å². The molecule has 0 spiro atoms. The fraction of sp³-hybridized carbons (Fsp3) is 0.312. The van der Waals surface area contributed by atoms with E-state index in [1.807, 2.05) is 0 Å². The molecule has 1 aliphatic heterocycles. The molecule has 1 aromatic carbocycles. The second-order valence-corrected chi connectivity index (χ2v) is 6.42. The Morgan fingerprint density at radius 2 is 2.12 bits per heavy atom. The monoisotopic (exact) mass is 376 g/mol. The van der Waals surface area contributed by atoms with Crippen molar-refractivity contribution in [1.29, 1.82) is 0 Å². The molecule has 2 aromatic rings. The number of rotatable bonds is 5. The van der Waals surface area contributed by atoms with Crippen LogP contribution < -0.4 is 16.0 Å². The predicted octanol–water partition coefficient (Wildman–Crippen LogP) is 2.48. The van der Waals surface area contributed by atoms with Crippen LogP contribution in [0.2, 0.25) is 5.02 Å². The molecular weight excluding hydrogens is 360 g/mol. The van der Waals surface area contributed by atoms with Gasteiger partial charge in [0.25, 0.3) is 0 Å². The number of nitrogens with two attached hydrogens (primary N) is 1. The van der Waals surface area contributed by atoms with Gasteiger partial charge in [0.2, 0.25) is 17.7 Å². The molecule has 1 aliphatic rings. The van der Waals surface area contributed by atoms with Crippen LogP contribution in [0.3, 0.4) is 0 Å². The molecule has 1 fully saturated rings. The zero-order valence-electron chi connectivity index (χ0n) is 13.8. The van der Waals surface area contributed by atoms with Gasteiger partial charge in [0.1, 0.15) is 6.20 Å².